The molecule has 2 fully saturated rings. The van der Waals surface area contributed by atoms with Crippen LogP contribution in [-0.2, 0) is 4.79 Å². The van der Waals surface area contributed by atoms with Crippen molar-refractivity contribution in [3.05, 3.63) is 30.3 Å². The van der Waals surface area contributed by atoms with Crippen molar-refractivity contribution in [3.63, 3.8) is 0 Å². The van der Waals surface area contributed by atoms with Crippen LogP contribution in [0.3, 0.4) is 0 Å². The molecule has 2 saturated heterocycles. The minimum atomic E-state index is 0.0256. The number of nitrogens with one attached hydrogen (secondary N) is 1. The molecule has 1 unspecified atom stereocenters. The summed E-state index contributed by atoms with van der Waals surface area (Å²) in [5, 5.41) is 3.13. The topological polar surface area (TPSA) is 59.1 Å². The van der Waals surface area contributed by atoms with Crippen molar-refractivity contribution in [2.24, 2.45) is 0 Å². The molecule has 0 bridgehead atoms. The van der Waals surface area contributed by atoms with Crippen molar-refractivity contribution in [2.45, 2.75) is 12.5 Å². The van der Waals surface area contributed by atoms with Gasteiger partial charge in [-0.05, 0) is 32.1 Å². The number of carbonyl (C=O) groups is 2. The highest BCUT2D eigenvalue weighted by Crippen LogP contribution is 2.12. The van der Waals surface area contributed by atoms with Gasteiger partial charge in [-0.25, -0.2) is 4.79 Å². The zero-order valence-corrected chi connectivity index (χ0v) is 15.7. The minimum Gasteiger partial charge on any atom is -0.334 e. The summed E-state index contributed by atoms with van der Waals surface area (Å²) in [6.07, 6.45) is 1.02. The van der Waals surface area contributed by atoms with Crippen molar-refractivity contribution >= 4 is 17.6 Å². The quantitative estimate of drug-likeness (QED) is 0.859. The molecule has 0 aromatic heterocycles. The number of carbonyl (C=O) groups excluding carboxylic acids is 2. The van der Waals surface area contributed by atoms with Gasteiger partial charge >= 0.3 is 6.03 Å². The maximum absolute atomic E-state index is 12.5. The molecule has 0 saturated carbocycles. The minimum absolute atomic E-state index is 0.0256. The molecule has 2 heterocycles. The van der Waals surface area contributed by atoms with Gasteiger partial charge in [0.15, 0.2) is 0 Å². The number of piperazine rings is 1. The van der Waals surface area contributed by atoms with E-state index >= 15 is 0 Å². The Hall–Kier alpha value is -2.12. The third kappa shape index (κ3) is 4.74. The van der Waals surface area contributed by atoms with Gasteiger partial charge in [-0.2, -0.15) is 0 Å². The van der Waals surface area contributed by atoms with Crippen LogP contribution in [0.25, 0.3) is 0 Å². The molecule has 3 amide bonds. The number of rotatable bonds is 4. The Morgan fingerprint density at radius 1 is 1.12 bits per heavy atom. The maximum Gasteiger partial charge on any atom is 0.317 e. The van der Waals surface area contributed by atoms with Gasteiger partial charge in [-0.15, -0.1) is 0 Å². The van der Waals surface area contributed by atoms with Crippen LogP contribution in [0, 0.1) is 0 Å². The smallest absolute Gasteiger partial charge is 0.317 e. The Balaban J connectivity index is 1.42. The number of amides is 3. The zero-order valence-electron chi connectivity index (χ0n) is 15.7. The predicted molar refractivity (Wildman–Crippen MR) is 102 cm³/mol. The third-order valence-corrected chi connectivity index (χ3v) is 5.25. The van der Waals surface area contributed by atoms with E-state index in [4.69, 9.17) is 0 Å². The van der Waals surface area contributed by atoms with Crippen molar-refractivity contribution < 1.29 is 9.59 Å². The third-order valence-electron chi connectivity index (χ3n) is 5.25. The highest BCUT2D eigenvalue weighted by Gasteiger charge is 2.27. The van der Waals surface area contributed by atoms with E-state index in [2.05, 4.69) is 22.2 Å². The zero-order chi connectivity index (χ0) is 18.5. The van der Waals surface area contributed by atoms with E-state index in [1.807, 2.05) is 35.2 Å². The summed E-state index contributed by atoms with van der Waals surface area (Å²) < 4.78 is 0. The van der Waals surface area contributed by atoms with Gasteiger partial charge in [0.2, 0.25) is 5.91 Å². The van der Waals surface area contributed by atoms with Gasteiger partial charge in [-0.1, -0.05) is 18.2 Å². The number of nitrogens with zero attached hydrogens (tertiary/aromatic N) is 4. The van der Waals surface area contributed by atoms with Crippen LogP contribution in [0.1, 0.15) is 6.42 Å². The normalized spacial score (nSPS) is 21.6. The Labute approximate surface area is 155 Å². The fourth-order valence-corrected chi connectivity index (χ4v) is 3.52. The van der Waals surface area contributed by atoms with Crippen LogP contribution in [0.2, 0.25) is 0 Å². The Kier molecular flexibility index (Phi) is 6.11. The van der Waals surface area contributed by atoms with Gasteiger partial charge in [0.05, 0.1) is 6.54 Å². The van der Waals surface area contributed by atoms with Crippen molar-refractivity contribution in [2.75, 3.05) is 64.8 Å². The number of urea groups is 1. The molecule has 3 rings (SSSR count). The van der Waals surface area contributed by atoms with E-state index in [0.29, 0.717) is 19.6 Å². The number of hydrogen-bond donors (Lipinski definition) is 1. The van der Waals surface area contributed by atoms with E-state index in [-0.39, 0.29) is 18.0 Å². The average Bonchev–Trinajstić information content (AvgIpc) is 3.07. The lowest BCUT2D eigenvalue weighted by Crippen LogP contribution is -2.55. The number of anilines is 1. The first-order valence-corrected chi connectivity index (χ1v) is 9.31. The first-order valence-electron chi connectivity index (χ1n) is 9.31. The van der Waals surface area contributed by atoms with E-state index in [9.17, 15) is 9.59 Å². The summed E-state index contributed by atoms with van der Waals surface area (Å²) in [6.45, 7) is 5.13. The van der Waals surface area contributed by atoms with Gasteiger partial charge in [0.1, 0.15) is 0 Å². The summed E-state index contributed by atoms with van der Waals surface area (Å²) in [4.78, 5) is 32.8. The summed E-state index contributed by atoms with van der Waals surface area (Å²) in [6, 6.07) is 9.94. The maximum atomic E-state index is 12.5. The molecule has 2 aliphatic heterocycles. The Morgan fingerprint density at radius 2 is 1.81 bits per heavy atom. The summed E-state index contributed by atoms with van der Waals surface area (Å²) in [7, 11) is 3.88. The molecule has 2 aliphatic rings. The van der Waals surface area contributed by atoms with Gasteiger partial charge in [-0.3, -0.25) is 9.69 Å². The summed E-state index contributed by atoms with van der Waals surface area (Å²) in [5.41, 5.74) is 0.900. The number of likely N-dealkylation sites (N-methyl/N-ethyl adjacent to an activating group) is 2. The van der Waals surface area contributed by atoms with Crippen molar-refractivity contribution in [3.8, 4) is 0 Å². The lowest BCUT2D eigenvalue weighted by atomic mass is 10.2. The first-order chi connectivity index (χ1) is 12.5. The van der Waals surface area contributed by atoms with Crippen LogP contribution in [0.15, 0.2) is 30.3 Å². The van der Waals surface area contributed by atoms with E-state index in [1.165, 1.54) is 0 Å². The molecule has 1 aromatic rings. The van der Waals surface area contributed by atoms with Gasteiger partial charge in [0.25, 0.3) is 0 Å². The number of likely N-dealkylation sites (tertiary alicyclic amines) is 1. The van der Waals surface area contributed by atoms with Crippen LogP contribution in [-0.4, -0.2) is 92.6 Å². The molecule has 0 radical (unpaired) electrons. The van der Waals surface area contributed by atoms with Crippen LogP contribution in [0.5, 0.6) is 0 Å². The molecule has 1 atom stereocenters. The first kappa shape index (κ1) is 18.7. The largest absolute Gasteiger partial charge is 0.334 e. The van der Waals surface area contributed by atoms with Crippen molar-refractivity contribution in [1.29, 1.82) is 0 Å². The summed E-state index contributed by atoms with van der Waals surface area (Å²) >= 11 is 0. The van der Waals surface area contributed by atoms with E-state index < -0.39 is 0 Å². The fraction of sp³-hybridized carbons (Fsp3) is 0.579. The SMILES string of the molecule is CN1CCC(NC(=O)N2CCN(CC(=O)N(C)c3ccccc3)CC2)C1. The molecule has 0 spiro atoms. The number of para-hydroxylation sites is 1. The second-order valence-corrected chi connectivity index (χ2v) is 7.25. The Bertz CT molecular complexity index is 616. The number of hydrogen-bond acceptors (Lipinski definition) is 4. The van der Waals surface area contributed by atoms with Gasteiger partial charge in [0, 0.05) is 51.5 Å². The molecule has 1 aromatic carbocycles. The highest BCUT2D eigenvalue weighted by molar-refractivity contribution is 5.94. The second kappa shape index (κ2) is 8.51. The molecular formula is C19H29N5O2. The second-order valence-electron chi connectivity index (χ2n) is 7.25. The monoisotopic (exact) mass is 359 g/mol. The fourth-order valence-electron chi connectivity index (χ4n) is 3.52. The van der Waals surface area contributed by atoms with E-state index in [0.717, 1.165) is 38.3 Å². The lowest BCUT2D eigenvalue weighted by molar-refractivity contribution is -0.119. The van der Waals surface area contributed by atoms with Gasteiger partial charge < -0.3 is 20.0 Å². The molecule has 26 heavy (non-hydrogen) atoms. The average molecular weight is 359 g/mol. The van der Waals surface area contributed by atoms with Crippen LogP contribution >= 0.6 is 0 Å². The highest BCUT2D eigenvalue weighted by atomic mass is 16.2. The molecule has 7 heteroatoms. The molecule has 142 valence electrons. The Morgan fingerprint density at radius 3 is 2.42 bits per heavy atom. The number of benzene rings is 1. The molecular weight excluding hydrogens is 330 g/mol. The molecule has 7 nitrogen and oxygen atoms in total. The van der Waals surface area contributed by atoms with Crippen LogP contribution < -0.4 is 10.2 Å². The predicted octanol–water partition coefficient (Wildman–Crippen LogP) is 0.681. The van der Waals surface area contributed by atoms with Crippen LogP contribution in [0.4, 0.5) is 10.5 Å². The summed E-state index contributed by atoms with van der Waals surface area (Å²) in [5.74, 6) is 0.0723. The standard InChI is InChI=1S/C19H29N5O2/c1-21-9-8-16(14-21)20-19(26)24-12-10-23(11-13-24)15-18(25)22(2)17-6-4-3-5-7-17/h3-7,16H,8-15H2,1-2H3,(H,20,26). The van der Waals surface area contributed by atoms with Crippen molar-refractivity contribution in [1.82, 2.24) is 20.0 Å². The molecule has 1 N–H and O–H groups in total. The van der Waals surface area contributed by atoms with E-state index in [1.54, 1.807) is 11.9 Å². The lowest BCUT2D eigenvalue weighted by Gasteiger charge is -2.35. The molecule has 0 aliphatic carbocycles.